The molecule has 1 aromatic heterocycles. The summed E-state index contributed by atoms with van der Waals surface area (Å²) < 4.78 is 39.2. The van der Waals surface area contributed by atoms with Crippen LogP contribution in [0.2, 0.25) is 5.02 Å². The normalized spacial score (nSPS) is 11.8. The van der Waals surface area contributed by atoms with Gasteiger partial charge in [-0.25, -0.2) is 12.8 Å². The van der Waals surface area contributed by atoms with E-state index in [-0.39, 0.29) is 17.1 Å². The average Bonchev–Trinajstić information content (AvgIpc) is 2.43. The number of hydrogen-bond donors (Lipinski definition) is 1. The molecule has 21 heavy (non-hydrogen) atoms. The fourth-order valence-corrected chi connectivity index (χ4v) is 3.16. The Kier molecular flexibility index (Phi) is 4.46. The van der Waals surface area contributed by atoms with E-state index in [2.05, 4.69) is 4.98 Å². The van der Waals surface area contributed by atoms with Gasteiger partial charge in [-0.05, 0) is 12.1 Å². The molecule has 5 nitrogen and oxygen atoms in total. The topological polar surface area (TPSA) is 70.2 Å². The van der Waals surface area contributed by atoms with E-state index in [1.807, 2.05) is 0 Å². The zero-order chi connectivity index (χ0) is 15.6. The van der Waals surface area contributed by atoms with Crippen LogP contribution in [0.5, 0.6) is 0 Å². The molecule has 0 spiro atoms. The number of H-pyrrole nitrogens is 1. The lowest BCUT2D eigenvalue weighted by Crippen LogP contribution is -2.30. The highest BCUT2D eigenvalue weighted by Gasteiger charge is 2.25. The maximum absolute atomic E-state index is 13.7. The molecule has 0 fully saturated rings. The second-order valence-electron chi connectivity index (χ2n) is 4.33. The highest BCUT2D eigenvalue weighted by molar-refractivity contribution is 7.89. The number of pyridine rings is 1. The van der Waals surface area contributed by atoms with Crippen LogP contribution in [-0.4, -0.2) is 24.8 Å². The second-order valence-corrected chi connectivity index (χ2v) is 6.75. The van der Waals surface area contributed by atoms with Gasteiger partial charge in [-0.1, -0.05) is 17.7 Å². The van der Waals surface area contributed by atoms with E-state index in [4.69, 9.17) is 11.6 Å². The quantitative estimate of drug-likeness (QED) is 0.932. The third-order valence-corrected chi connectivity index (χ3v) is 5.10. The van der Waals surface area contributed by atoms with Gasteiger partial charge in [0.05, 0.1) is 0 Å². The van der Waals surface area contributed by atoms with Crippen molar-refractivity contribution in [2.45, 2.75) is 11.4 Å². The van der Waals surface area contributed by atoms with Gasteiger partial charge in [0, 0.05) is 42.6 Å². The lowest BCUT2D eigenvalue weighted by atomic mass is 10.2. The Morgan fingerprint density at radius 2 is 2.05 bits per heavy atom. The van der Waals surface area contributed by atoms with Gasteiger partial charge in [-0.15, -0.1) is 0 Å². The van der Waals surface area contributed by atoms with E-state index in [9.17, 15) is 17.6 Å². The van der Waals surface area contributed by atoms with Crippen LogP contribution >= 0.6 is 11.6 Å². The zero-order valence-corrected chi connectivity index (χ0v) is 12.6. The predicted molar refractivity (Wildman–Crippen MR) is 77.1 cm³/mol. The molecule has 0 aliphatic rings. The number of benzene rings is 1. The van der Waals surface area contributed by atoms with Gasteiger partial charge < -0.3 is 4.98 Å². The molecule has 0 unspecified atom stereocenters. The molecule has 1 heterocycles. The van der Waals surface area contributed by atoms with Crippen molar-refractivity contribution in [2.24, 2.45) is 0 Å². The largest absolute Gasteiger partial charge is 0.366 e. The molecule has 0 aliphatic heterocycles. The Morgan fingerprint density at radius 3 is 2.67 bits per heavy atom. The number of nitrogens with zero attached hydrogens (tertiary/aromatic N) is 1. The molecule has 0 atom stereocenters. The molecule has 0 saturated carbocycles. The molecular weight excluding hydrogens is 319 g/mol. The molecule has 1 N–H and O–H groups in total. The molecule has 0 radical (unpaired) electrons. The summed E-state index contributed by atoms with van der Waals surface area (Å²) in [6, 6.07) is 5.20. The molecule has 0 bridgehead atoms. The van der Waals surface area contributed by atoms with Gasteiger partial charge in [0.2, 0.25) is 15.5 Å². The average molecular weight is 331 g/mol. The first-order valence-electron chi connectivity index (χ1n) is 5.90. The van der Waals surface area contributed by atoms with Crippen molar-refractivity contribution in [3.05, 3.63) is 63.3 Å². The monoisotopic (exact) mass is 330 g/mol. The Balaban J connectivity index is 2.39. The molecule has 2 rings (SSSR count). The van der Waals surface area contributed by atoms with E-state index in [1.54, 1.807) is 0 Å². The first-order chi connectivity index (χ1) is 9.84. The molecule has 2 aromatic rings. The van der Waals surface area contributed by atoms with Crippen LogP contribution in [0.1, 0.15) is 5.56 Å². The number of hydrogen-bond acceptors (Lipinski definition) is 3. The minimum absolute atomic E-state index is 0.0533. The molecule has 112 valence electrons. The summed E-state index contributed by atoms with van der Waals surface area (Å²) in [5, 5.41) is 0.124. The fourth-order valence-electron chi connectivity index (χ4n) is 1.76. The third-order valence-electron chi connectivity index (χ3n) is 2.92. The maximum Gasteiger partial charge on any atom is 0.248 e. The smallest absolute Gasteiger partial charge is 0.248 e. The van der Waals surface area contributed by atoms with Gasteiger partial charge in [-0.2, -0.15) is 4.31 Å². The van der Waals surface area contributed by atoms with Crippen LogP contribution in [0.25, 0.3) is 0 Å². The first-order valence-corrected chi connectivity index (χ1v) is 7.72. The summed E-state index contributed by atoms with van der Waals surface area (Å²) in [5.74, 6) is -0.605. The Bertz CT molecular complexity index is 800. The van der Waals surface area contributed by atoms with Crippen molar-refractivity contribution in [1.82, 2.24) is 9.29 Å². The van der Waals surface area contributed by atoms with Gasteiger partial charge in [-0.3, -0.25) is 4.79 Å². The summed E-state index contributed by atoms with van der Waals surface area (Å²) >= 11 is 5.87. The number of nitrogens with one attached hydrogen (secondary N) is 1. The Labute approximate surface area is 126 Å². The van der Waals surface area contributed by atoms with Crippen LogP contribution in [0.3, 0.4) is 0 Å². The van der Waals surface area contributed by atoms with Gasteiger partial charge >= 0.3 is 0 Å². The highest BCUT2D eigenvalue weighted by Crippen LogP contribution is 2.22. The van der Waals surface area contributed by atoms with Gasteiger partial charge in [0.15, 0.2) is 0 Å². The minimum Gasteiger partial charge on any atom is -0.366 e. The first kappa shape index (κ1) is 15.7. The highest BCUT2D eigenvalue weighted by atomic mass is 35.5. The van der Waals surface area contributed by atoms with Crippen molar-refractivity contribution in [2.75, 3.05) is 7.05 Å². The number of sulfonamides is 1. The number of aromatic nitrogens is 1. The lowest BCUT2D eigenvalue weighted by molar-refractivity contribution is 0.455. The summed E-state index contributed by atoms with van der Waals surface area (Å²) in [6.45, 7) is -0.276. The minimum atomic E-state index is -4.04. The fraction of sp³-hybridized carbons (Fsp3) is 0.154. The van der Waals surface area contributed by atoms with Crippen LogP contribution in [0, 0.1) is 5.82 Å². The summed E-state index contributed by atoms with van der Waals surface area (Å²) in [6.07, 6.45) is 2.42. The van der Waals surface area contributed by atoms with Crippen LogP contribution < -0.4 is 5.43 Å². The summed E-state index contributed by atoms with van der Waals surface area (Å²) in [5.41, 5.74) is -0.585. The molecule has 0 amide bonds. The van der Waals surface area contributed by atoms with Crippen molar-refractivity contribution in [1.29, 1.82) is 0 Å². The van der Waals surface area contributed by atoms with Crippen LogP contribution in [0.15, 0.2) is 46.3 Å². The molecule has 8 heteroatoms. The Hall–Kier alpha value is -1.70. The van der Waals surface area contributed by atoms with Crippen LogP contribution in [-0.2, 0) is 16.6 Å². The lowest BCUT2D eigenvalue weighted by Gasteiger charge is -2.17. The van der Waals surface area contributed by atoms with Gasteiger partial charge in [0.25, 0.3) is 0 Å². The van der Waals surface area contributed by atoms with Crippen molar-refractivity contribution in [3.63, 3.8) is 0 Å². The van der Waals surface area contributed by atoms with Crippen LogP contribution in [0.4, 0.5) is 4.39 Å². The summed E-state index contributed by atoms with van der Waals surface area (Å²) in [7, 11) is -2.78. The SMILES string of the molecule is CN(Cc1c(F)cccc1Cl)S(=O)(=O)c1c[nH]ccc1=O. The van der Waals surface area contributed by atoms with E-state index in [0.717, 1.165) is 16.6 Å². The second kappa shape index (κ2) is 5.97. The summed E-state index contributed by atoms with van der Waals surface area (Å²) in [4.78, 5) is 13.8. The van der Waals surface area contributed by atoms with E-state index in [1.165, 1.54) is 31.4 Å². The van der Waals surface area contributed by atoms with E-state index >= 15 is 0 Å². The maximum atomic E-state index is 13.7. The van der Waals surface area contributed by atoms with Crippen molar-refractivity contribution >= 4 is 21.6 Å². The Morgan fingerprint density at radius 1 is 1.33 bits per heavy atom. The molecule has 1 aromatic carbocycles. The standard InChI is InChI=1S/C13H12ClFN2O3S/c1-17(8-9-10(14)3-2-4-11(9)15)21(19,20)13-7-16-6-5-12(13)18/h2-7H,8H2,1H3,(H,16,18). The third kappa shape index (κ3) is 3.15. The van der Waals surface area contributed by atoms with E-state index < -0.39 is 26.2 Å². The number of rotatable bonds is 4. The molecule has 0 saturated heterocycles. The predicted octanol–water partition coefficient (Wildman–Crippen LogP) is 1.99. The number of aromatic amines is 1. The number of halogens is 2. The van der Waals surface area contributed by atoms with Crippen molar-refractivity contribution in [3.8, 4) is 0 Å². The van der Waals surface area contributed by atoms with E-state index in [0.29, 0.717) is 0 Å². The van der Waals surface area contributed by atoms with Crippen molar-refractivity contribution < 1.29 is 12.8 Å². The van der Waals surface area contributed by atoms with Gasteiger partial charge in [0.1, 0.15) is 10.7 Å². The zero-order valence-electron chi connectivity index (χ0n) is 11.0. The molecule has 0 aliphatic carbocycles. The molecular formula is C13H12ClFN2O3S.